The van der Waals surface area contributed by atoms with E-state index in [9.17, 15) is 19.5 Å². The lowest BCUT2D eigenvalue weighted by Gasteiger charge is -2.14. The van der Waals surface area contributed by atoms with Crippen LogP contribution in [0.3, 0.4) is 0 Å². The van der Waals surface area contributed by atoms with Gasteiger partial charge in [0.05, 0.1) is 16.8 Å². The molecule has 0 bridgehead atoms. The number of carbonyl (C=O) groups is 3. The van der Waals surface area contributed by atoms with Crippen LogP contribution in [0.5, 0.6) is 0 Å². The smallest absolute Gasteiger partial charge is 0.404 e. The van der Waals surface area contributed by atoms with E-state index in [4.69, 9.17) is 5.11 Å². The first kappa shape index (κ1) is 18.2. The third-order valence-corrected chi connectivity index (χ3v) is 4.48. The van der Waals surface area contributed by atoms with Gasteiger partial charge in [-0.1, -0.05) is 0 Å². The maximum atomic E-state index is 11.0. The summed E-state index contributed by atoms with van der Waals surface area (Å²) < 4.78 is 0. The molecule has 0 radical (unpaired) electrons. The predicted molar refractivity (Wildman–Crippen MR) is 87.4 cm³/mol. The fourth-order valence-corrected chi connectivity index (χ4v) is 2.95. The monoisotopic (exact) mass is 354 g/mol. The van der Waals surface area contributed by atoms with Crippen molar-refractivity contribution in [2.45, 2.75) is 11.0 Å². The molecule has 1 aromatic heterocycles. The standard InChI is InChI=1S/C8H6N2O2S.C6H12N2O3/c11-3-5-1-2-6-8(9-5)10-7(12)4-13-6;9-5-3-7-1-4(5)2-8-6(10)11/h1-3H,4H2,(H,9,10,12);4-5,7-9H,1-3H2,(H,10,11)/t;4-,5-/m.1/s1. The molecule has 1 aromatic rings. The number of β-amino-alcohol motifs (C(OH)–C–C–N with tert-alkyl or cyclic N) is 1. The van der Waals surface area contributed by atoms with Gasteiger partial charge in [0.15, 0.2) is 6.29 Å². The second-order valence-corrected chi connectivity index (χ2v) is 6.23. The number of anilines is 1. The second-order valence-electron chi connectivity index (χ2n) is 5.21. The van der Waals surface area contributed by atoms with Crippen LogP contribution in [0.4, 0.5) is 10.6 Å². The van der Waals surface area contributed by atoms with Crippen molar-refractivity contribution in [3.8, 4) is 0 Å². The molecule has 2 amide bonds. The van der Waals surface area contributed by atoms with E-state index in [2.05, 4.69) is 20.9 Å². The lowest BCUT2D eigenvalue weighted by molar-refractivity contribution is -0.113. The van der Waals surface area contributed by atoms with Crippen molar-refractivity contribution in [2.75, 3.05) is 30.7 Å². The highest BCUT2D eigenvalue weighted by Gasteiger charge is 2.24. The second kappa shape index (κ2) is 8.62. The minimum atomic E-state index is -1.04. The van der Waals surface area contributed by atoms with Gasteiger partial charge >= 0.3 is 6.09 Å². The number of aldehydes is 1. The molecule has 130 valence electrons. The number of amides is 2. The molecule has 2 aliphatic rings. The first-order valence-electron chi connectivity index (χ1n) is 7.24. The zero-order valence-corrected chi connectivity index (χ0v) is 13.5. The number of carbonyl (C=O) groups excluding carboxylic acids is 2. The Morgan fingerprint density at radius 3 is 2.88 bits per heavy atom. The van der Waals surface area contributed by atoms with Crippen molar-refractivity contribution in [1.29, 1.82) is 0 Å². The van der Waals surface area contributed by atoms with Crippen LogP contribution >= 0.6 is 11.8 Å². The molecule has 9 nitrogen and oxygen atoms in total. The summed E-state index contributed by atoms with van der Waals surface area (Å²) in [6.07, 6.45) is -0.794. The van der Waals surface area contributed by atoms with E-state index in [1.165, 1.54) is 11.8 Å². The molecule has 0 saturated carbocycles. The molecule has 1 fully saturated rings. The Kier molecular flexibility index (Phi) is 6.53. The normalized spacial score (nSPS) is 21.8. The molecule has 3 rings (SSSR count). The average Bonchev–Trinajstić information content (AvgIpc) is 2.98. The molecule has 3 heterocycles. The third kappa shape index (κ3) is 5.18. The molecule has 0 aromatic carbocycles. The number of nitrogens with one attached hydrogen (secondary N) is 3. The highest BCUT2D eigenvalue weighted by Crippen LogP contribution is 2.29. The van der Waals surface area contributed by atoms with Crippen LogP contribution in [-0.2, 0) is 4.79 Å². The van der Waals surface area contributed by atoms with E-state index in [0.717, 1.165) is 4.90 Å². The minimum absolute atomic E-state index is 0.0195. The summed E-state index contributed by atoms with van der Waals surface area (Å²) in [4.78, 5) is 36.3. The lowest BCUT2D eigenvalue weighted by Crippen LogP contribution is -2.33. The van der Waals surface area contributed by atoms with Crippen LogP contribution in [0.25, 0.3) is 0 Å². The van der Waals surface area contributed by atoms with Gasteiger partial charge in [-0.05, 0) is 12.1 Å². The maximum Gasteiger partial charge on any atom is 0.404 e. The predicted octanol–water partition coefficient (Wildman–Crippen LogP) is -0.227. The van der Waals surface area contributed by atoms with Gasteiger partial charge in [0, 0.05) is 25.6 Å². The van der Waals surface area contributed by atoms with E-state index < -0.39 is 12.2 Å². The molecule has 0 unspecified atom stereocenters. The Hall–Kier alpha value is -2.17. The van der Waals surface area contributed by atoms with Gasteiger partial charge in [-0.3, -0.25) is 9.59 Å². The van der Waals surface area contributed by atoms with Gasteiger partial charge in [-0.25, -0.2) is 9.78 Å². The van der Waals surface area contributed by atoms with Crippen molar-refractivity contribution >= 4 is 35.9 Å². The Morgan fingerprint density at radius 2 is 2.25 bits per heavy atom. The summed E-state index contributed by atoms with van der Waals surface area (Å²) in [5.41, 5.74) is 0.335. The average molecular weight is 354 g/mol. The van der Waals surface area contributed by atoms with E-state index >= 15 is 0 Å². The number of aliphatic hydroxyl groups excluding tert-OH is 1. The molecule has 1 saturated heterocycles. The van der Waals surface area contributed by atoms with Gasteiger partial charge < -0.3 is 26.2 Å². The lowest BCUT2D eigenvalue weighted by atomic mass is 10.1. The number of rotatable bonds is 3. The Morgan fingerprint density at radius 1 is 1.46 bits per heavy atom. The number of aromatic nitrogens is 1. The summed E-state index contributed by atoms with van der Waals surface area (Å²) in [6, 6.07) is 3.42. The number of carboxylic acid groups (broad SMARTS) is 1. The largest absolute Gasteiger partial charge is 0.465 e. The Labute approximate surface area is 142 Å². The molecule has 2 atom stereocenters. The maximum absolute atomic E-state index is 11.0. The first-order valence-corrected chi connectivity index (χ1v) is 8.22. The van der Waals surface area contributed by atoms with E-state index in [1.807, 2.05) is 0 Å². The summed E-state index contributed by atoms with van der Waals surface area (Å²) in [7, 11) is 0. The first-order chi connectivity index (χ1) is 11.5. The molecule has 24 heavy (non-hydrogen) atoms. The van der Waals surface area contributed by atoms with Crippen molar-refractivity contribution < 1.29 is 24.6 Å². The zero-order valence-electron chi connectivity index (χ0n) is 12.7. The molecule has 5 N–H and O–H groups in total. The number of thioether (sulfide) groups is 1. The number of hydrogen-bond acceptors (Lipinski definition) is 7. The van der Waals surface area contributed by atoms with Crippen molar-refractivity contribution in [2.24, 2.45) is 5.92 Å². The van der Waals surface area contributed by atoms with Gasteiger partial charge in [-0.15, -0.1) is 11.8 Å². The number of fused-ring (bicyclic) bond motifs is 1. The Bertz CT molecular complexity index is 627. The minimum Gasteiger partial charge on any atom is -0.465 e. The van der Waals surface area contributed by atoms with Crippen LogP contribution < -0.4 is 16.0 Å². The number of pyridine rings is 1. The van der Waals surface area contributed by atoms with Crippen LogP contribution in [-0.4, -0.2) is 65.0 Å². The molecular weight excluding hydrogens is 336 g/mol. The number of nitrogens with zero attached hydrogens (tertiary/aromatic N) is 1. The van der Waals surface area contributed by atoms with Crippen molar-refractivity contribution in [3.63, 3.8) is 0 Å². The Balaban J connectivity index is 0.000000177. The third-order valence-electron chi connectivity index (χ3n) is 3.44. The molecule has 2 aliphatic heterocycles. The zero-order chi connectivity index (χ0) is 17.5. The molecule has 10 heteroatoms. The van der Waals surface area contributed by atoms with Crippen LogP contribution in [0.2, 0.25) is 0 Å². The fraction of sp³-hybridized carbons (Fsp3) is 0.429. The summed E-state index contributed by atoms with van der Waals surface area (Å²) in [5.74, 6) is 0.847. The van der Waals surface area contributed by atoms with Crippen molar-refractivity contribution in [3.05, 3.63) is 17.8 Å². The van der Waals surface area contributed by atoms with E-state index in [0.29, 0.717) is 43.2 Å². The molecule has 0 aliphatic carbocycles. The van der Waals surface area contributed by atoms with Crippen LogP contribution in [0.15, 0.2) is 17.0 Å². The summed E-state index contributed by atoms with van der Waals surface area (Å²) >= 11 is 1.43. The SMILES string of the molecule is O=C(O)NC[C@H]1CNC[C@H]1O.O=Cc1ccc2c(n1)NC(=O)CS2. The van der Waals surface area contributed by atoms with Gasteiger partial charge in [0.25, 0.3) is 0 Å². The van der Waals surface area contributed by atoms with Crippen LogP contribution in [0, 0.1) is 5.92 Å². The highest BCUT2D eigenvalue weighted by molar-refractivity contribution is 8.00. The van der Waals surface area contributed by atoms with E-state index in [1.54, 1.807) is 12.1 Å². The fourth-order valence-electron chi connectivity index (χ4n) is 2.19. The number of aliphatic hydroxyl groups is 1. The molecule has 0 spiro atoms. The topological polar surface area (TPSA) is 141 Å². The van der Waals surface area contributed by atoms with Gasteiger partial charge in [-0.2, -0.15) is 0 Å². The van der Waals surface area contributed by atoms with Crippen molar-refractivity contribution in [1.82, 2.24) is 15.6 Å². The van der Waals surface area contributed by atoms with Gasteiger partial charge in [0.1, 0.15) is 11.5 Å². The molecular formula is C14H18N4O5S. The summed E-state index contributed by atoms with van der Waals surface area (Å²) in [6.45, 7) is 1.57. The number of hydrogen-bond donors (Lipinski definition) is 5. The highest BCUT2D eigenvalue weighted by atomic mass is 32.2. The summed E-state index contributed by atoms with van der Waals surface area (Å²) in [5, 5.41) is 25.3. The quantitative estimate of drug-likeness (QED) is 0.469. The van der Waals surface area contributed by atoms with Gasteiger partial charge in [0.2, 0.25) is 5.91 Å². The van der Waals surface area contributed by atoms with E-state index in [-0.39, 0.29) is 11.8 Å². The van der Waals surface area contributed by atoms with Crippen LogP contribution in [0.1, 0.15) is 10.5 Å².